The summed E-state index contributed by atoms with van der Waals surface area (Å²) in [7, 11) is 0. The Kier molecular flexibility index (Phi) is 6.92. The highest BCUT2D eigenvalue weighted by Gasteiger charge is 1.91. The summed E-state index contributed by atoms with van der Waals surface area (Å²) in [5.41, 5.74) is 1.03. The molecule has 0 fully saturated rings. The quantitative estimate of drug-likeness (QED) is 0.399. The van der Waals surface area contributed by atoms with Crippen LogP contribution in [0.4, 0.5) is 0 Å². The third kappa shape index (κ3) is 7.28. The Bertz CT molecular complexity index is 204. The molecule has 0 aromatic rings. The van der Waals surface area contributed by atoms with E-state index < -0.39 is 0 Å². The average molecular weight is 184 g/mol. The highest BCUT2D eigenvalue weighted by atomic mass is 16.5. The first-order valence-electron chi connectivity index (χ1n) is 4.32. The zero-order chi connectivity index (χ0) is 10.1. The Morgan fingerprint density at radius 3 is 2.77 bits per heavy atom. The van der Waals surface area contributed by atoms with Gasteiger partial charge in [-0.25, -0.2) is 4.79 Å². The van der Waals surface area contributed by atoms with Crippen molar-refractivity contribution in [2.75, 3.05) is 13.2 Å². The molecule has 0 spiro atoms. The molecule has 3 nitrogen and oxygen atoms in total. The van der Waals surface area contributed by atoms with E-state index in [9.17, 15) is 4.79 Å². The Balaban J connectivity index is 3.84. The van der Waals surface area contributed by atoms with E-state index in [1.807, 2.05) is 6.92 Å². The summed E-state index contributed by atoms with van der Waals surface area (Å²) in [5, 5.41) is 8.57. The molecule has 0 heterocycles. The van der Waals surface area contributed by atoms with Crippen molar-refractivity contribution in [2.24, 2.45) is 0 Å². The van der Waals surface area contributed by atoms with Gasteiger partial charge in [-0.05, 0) is 20.3 Å². The number of hydrogen-bond acceptors (Lipinski definition) is 3. The van der Waals surface area contributed by atoms with Gasteiger partial charge in [0, 0.05) is 12.7 Å². The van der Waals surface area contributed by atoms with Gasteiger partial charge in [-0.1, -0.05) is 17.7 Å². The van der Waals surface area contributed by atoms with E-state index in [-0.39, 0.29) is 12.6 Å². The molecule has 0 aliphatic carbocycles. The van der Waals surface area contributed by atoms with Crippen molar-refractivity contribution in [3.05, 3.63) is 23.8 Å². The van der Waals surface area contributed by atoms with Crippen LogP contribution in [0.5, 0.6) is 0 Å². The second-order valence-corrected chi connectivity index (χ2v) is 2.60. The van der Waals surface area contributed by atoms with E-state index in [4.69, 9.17) is 5.11 Å². The minimum absolute atomic E-state index is 0.135. The minimum Gasteiger partial charge on any atom is -0.463 e. The molecule has 0 aliphatic heterocycles. The molecule has 0 aromatic carbocycles. The van der Waals surface area contributed by atoms with Crippen LogP contribution in [0.2, 0.25) is 0 Å². The topological polar surface area (TPSA) is 46.5 Å². The van der Waals surface area contributed by atoms with Gasteiger partial charge in [-0.2, -0.15) is 0 Å². The maximum absolute atomic E-state index is 10.8. The largest absolute Gasteiger partial charge is 0.463 e. The number of aliphatic hydroxyl groups is 1. The fraction of sp³-hybridized carbons (Fsp3) is 0.500. The summed E-state index contributed by atoms with van der Waals surface area (Å²) in [6.45, 7) is 4.18. The molecule has 0 aliphatic rings. The number of allylic oxidation sites excluding steroid dienone is 2. The summed E-state index contributed by atoms with van der Waals surface area (Å²) in [5.74, 6) is -0.337. The van der Waals surface area contributed by atoms with Gasteiger partial charge in [0.2, 0.25) is 0 Å². The van der Waals surface area contributed by atoms with Crippen molar-refractivity contribution in [1.29, 1.82) is 0 Å². The Morgan fingerprint density at radius 1 is 1.54 bits per heavy atom. The molecule has 0 aromatic heterocycles. The van der Waals surface area contributed by atoms with Crippen molar-refractivity contribution < 1.29 is 14.6 Å². The first-order chi connectivity index (χ1) is 6.20. The lowest BCUT2D eigenvalue weighted by Crippen LogP contribution is -1.98. The maximum Gasteiger partial charge on any atom is 0.330 e. The Morgan fingerprint density at radius 2 is 2.23 bits per heavy atom. The summed E-state index contributed by atoms with van der Waals surface area (Å²) in [6, 6.07) is 0. The van der Waals surface area contributed by atoms with E-state index in [0.29, 0.717) is 13.0 Å². The van der Waals surface area contributed by atoms with Crippen molar-refractivity contribution in [3.8, 4) is 0 Å². The molecule has 0 radical (unpaired) electrons. The molecule has 74 valence electrons. The van der Waals surface area contributed by atoms with Crippen LogP contribution in [0.1, 0.15) is 20.3 Å². The van der Waals surface area contributed by atoms with Crippen LogP contribution < -0.4 is 0 Å². The van der Waals surface area contributed by atoms with Gasteiger partial charge in [0.15, 0.2) is 0 Å². The first kappa shape index (κ1) is 11.9. The standard InChI is InChI=1S/C10H16O3/c1-3-13-10(12)6-4-5-9(2)7-8-11/h4-6,11H,3,7-8H2,1-2H3/b6-4+,9-5-. The lowest BCUT2D eigenvalue weighted by atomic mass is 10.2. The number of hydrogen-bond donors (Lipinski definition) is 1. The third-order valence-corrected chi connectivity index (χ3v) is 1.41. The summed E-state index contributed by atoms with van der Waals surface area (Å²) < 4.78 is 4.68. The number of esters is 1. The molecular weight excluding hydrogens is 168 g/mol. The van der Waals surface area contributed by atoms with Crippen molar-refractivity contribution in [1.82, 2.24) is 0 Å². The summed E-state index contributed by atoms with van der Waals surface area (Å²) in [6.07, 6.45) is 5.41. The third-order valence-electron chi connectivity index (χ3n) is 1.41. The lowest BCUT2D eigenvalue weighted by Gasteiger charge is -1.94. The van der Waals surface area contributed by atoms with Crippen LogP contribution in [0.15, 0.2) is 23.8 Å². The number of carbonyl (C=O) groups excluding carboxylic acids is 1. The van der Waals surface area contributed by atoms with Gasteiger partial charge >= 0.3 is 5.97 Å². The lowest BCUT2D eigenvalue weighted by molar-refractivity contribution is -0.137. The molecular formula is C10H16O3. The molecule has 0 atom stereocenters. The van der Waals surface area contributed by atoms with Crippen molar-refractivity contribution in [3.63, 3.8) is 0 Å². The van der Waals surface area contributed by atoms with E-state index in [1.165, 1.54) is 6.08 Å². The monoisotopic (exact) mass is 184 g/mol. The molecule has 13 heavy (non-hydrogen) atoms. The van der Waals surface area contributed by atoms with Crippen LogP contribution >= 0.6 is 0 Å². The first-order valence-corrected chi connectivity index (χ1v) is 4.32. The van der Waals surface area contributed by atoms with Gasteiger partial charge in [0.05, 0.1) is 6.61 Å². The van der Waals surface area contributed by atoms with Crippen molar-refractivity contribution >= 4 is 5.97 Å². The molecule has 0 unspecified atom stereocenters. The second-order valence-electron chi connectivity index (χ2n) is 2.60. The SMILES string of the molecule is CCOC(=O)/C=C/C=C(/C)CCO. The average Bonchev–Trinajstić information content (AvgIpc) is 2.05. The highest BCUT2D eigenvalue weighted by molar-refractivity contribution is 5.82. The number of aliphatic hydroxyl groups excluding tert-OH is 1. The number of rotatable bonds is 5. The summed E-state index contributed by atoms with van der Waals surface area (Å²) in [4.78, 5) is 10.8. The highest BCUT2D eigenvalue weighted by Crippen LogP contribution is 1.98. The van der Waals surface area contributed by atoms with Crippen LogP contribution in [-0.4, -0.2) is 24.3 Å². The van der Waals surface area contributed by atoms with Gasteiger partial charge < -0.3 is 9.84 Å². The van der Waals surface area contributed by atoms with E-state index in [1.54, 1.807) is 19.1 Å². The van der Waals surface area contributed by atoms with Crippen LogP contribution in [0, 0.1) is 0 Å². The maximum atomic E-state index is 10.8. The van der Waals surface area contributed by atoms with E-state index >= 15 is 0 Å². The normalized spacial score (nSPS) is 12.1. The smallest absolute Gasteiger partial charge is 0.330 e. The molecule has 0 bridgehead atoms. The van der Waals surface area contributed by atoms with E-state index in [0.717, 1.165) is 5.57 Å². The fourth-order valence-corrected chi connectivity index (χ4v) is 0.741. The molecule has 0 saturated carbocycles. The molecule has 3 heteroatoms. The Hall–Kier alpha value is -1.09. The number of ether oxygens (including phenoxy) is 1. The predicted molar refractivity (Wildman–Crippen MR) is 51.2 cm³/mol. The van der Waals surface area contributed by atoms with Gasteiger partial charge in [-0.3, -0.25) is 0 Å². The zero-order valence-corrected chi connectivity index (χ0v) is 8.12. The van der Waals surface area contributed by atoms with Gasteiger partial charge in [-0.15, -0.1) is 0 Å². The van der Waals surface area contributed by atoms with Crippen LogP contribution in [0.3, 0.4) is 0 Å². The van der Waals surface area contributed by atoms with Crippen LogP contribution in [0.25, 0.3) is 0 Å². The number of carbonyl (C=O) groups is 1. The van der Waals surface area contributed by atoms with Gasteiger partial charge in [0.1, 0.15) is 0 Å². The van der Waals surface area contributed by atoms with Crippen molar-refractivity contribution in [2.45, 2.75) is 20.3 Å². The second kappa shape index (κ2) is 7.55. The van der Waals surface area contributed by atoms with E-state index in [2.05, 4.69) is 4.74 Å². The zero-order valence-electron chi connectivity index (χ0n) is 8.12. The molecule has 1 N–H and O–H groups in total. The predicted octanol–water partition coefficient (Wildman–Crippen LogP) is 1.43. The fourth-order valence-electron chi connectivity index (χ4n) is 0.741. The summed E-state index contributed by atoms with van der Waals surface area (Å²) >= 11 is 0. The Labute approximate surface area is 78.7 Å². The van der Waals surface area contributed by atoms with Crippen LogP contribution in [-0.2, 0) is 9.53 Å². The molecule has 0 amide bonds. The molecule has 0 saturated heterocycles. The minimum atomic E-state index is -0.337. The molecule has 0 rings (SSSR count). The van der Waals surface area contributed by atoms with Gasteiger partial charge in [0.25, 0.3) is 0 Å².